The van der Waals surface area contributed by atoms with Crippen LogP contribution in [0.2, 0.25) is 5.02 Å². The zero-order valence-electron chi connectivity index (χ0n) is 28.0. The van der Waals surface area contributed by atoms with Gasteiger partial charge in [0.05, 0.1) is 29.8 Å². The van der Waals surface area contributed by atoms with Gasteiger partial charge in [0, 0.05) is 19.0 Å². The number of nitrogens with zero attached hydrogens (tertiary/aromatic N) is 2. The summed E-state index contributed by atoms with van der Waals surface area (Å²) in [5.41, 5.74) is 2.65. The van der Waals surface area contributed by atoms with Crippen molar-refractivity contribution in [3.05, 3.63) is 119 Å². The molecule has 5 rings (SSSR count). The van der Waals surface area contributed by atoms with Crippen molar-refractivity contribution in [2.45, 2.75) is 62.6 Å². The highest BCUT2D eigenvalue weighted by atomic mass is 35.5. The molecule has 258 valence electrons. The van der Waals surface area contributed by atoms with Crippen LogP contribution < -0.4 is 19.1 Å². The van der Waals surface area contributed by atoms with Crippen LogP contribution in [0.4, 0.5) is 5.69 Å². The predicted molar refractivity (Wildman–Crippen MR) is 192 cm³/mol. The Morgan fingerprint density at radius 2 is 1.57 bits per heavy atom. The highest BCUT2D eigenvalue weighted by molar-refractivity contribution is 7.92. The van der Waals surface area contributed by atoms with Crippen molar-refractivity contribution >= 4 is 39.1 Å². The van der Waals surface area contributed by atoms with Crippen LogP contribution in [-0.2, 0) is 32.6 Å². The highest BCUT2D eigenvalue weighted by Gasteiger charge is 2.36. The van der Waals surface area contributed by atoms with Gasteiger partial charge in [-0.25, -0.2) is 8.42 Å². The molecule has 1 fully saturated rings. The lowest BCUT2D eigenvalue weighted by Crippen LogP contribution is -2.54. The van der Waals surface area contributed by atoms with Gasteiger partial charge in [-0.3, -0.25) is 13.9 Å². The molecular weight excluding hydrogens is 662 g/mol. The molecule has 0 aliphatic heterocycles. The number of benzene rings is 4. The normalized spacial score (nSPS) is 13.8. The minimum absolute atomic E-state index is 0.0111. The third-order valence-corrected chi connectivity index (χ3v) is 10.9. The van der Waals surface area contributed by atoms with Gasteiger partial charge in [0.15, 0.2) is 0 Å². The first-order valence-corrected chi connectivity index (χ1v) is 18.1. The number of hydrogen-bond donors (Lipinski definition) is 1. The molecule has 1 atom stereocenters. The second kappa shape index (κ2) is 16.2. The molecule has 0 heterocycles. The number of methoxy groups -OCH3 is 2. The molecule has 0 bridgehead atoms. The van der Waals surface area contributed by atoms with Crippen molar-refractivity contribution in [3.63, 3.8) is 0 Å². The molecule has 2 amide bonds. The van der Waals surface area contributed by atoms with E-state index in [9.17, 15) is 18.0 Å². The van der Waals surface area contributed by atoms with Crippen LogP contribution in [0.5, 0.6) is 11.5 Å². The van der Waals surface area contributed by atoms with E-state index in [0.29, 0.717) is 11.5 Å². The summed E-state index contributed by atoms with van der Waals surface area (Å²) in [5, 5.41) is 3.37. The Morgan fingerprint density at radius 3 is 2.22 bits per heavy atom. The second-order valence-corrected chi connectivity index (χ2v) is 14.5. The summed E-state index contributed by atoms with van der Waals surface area (Å²) >= 11 is 6.48. The summed E-state index contributed by atoms with van der Waals surface area (Å²) in [5.74, 6) is 0.104. The number of rotatable bonds is 14. The number of halogens is 1. The third-order valence-electron chi connectivity index (χ3n) is 8.77. The van der Waals surface area contributed by atoms with Crippen LogP contribution in [0.3, 0.4) is 0 Å². The molecule has 0 spiro atoms. The first-order valence-electron chi connectivity index (χ1n) is 16.3. The fourth-order valence-electron chi connectivity index (χ4n) is 6.07. The van der Waals surface area contributed by atoms with Gasteiger partial charge in [0.25, 0.3) is 10.0 Å². The van der Waals surface area contributed by atoms with Crippen molar-refractivity contribution < 1.29 is 27.5 Å². The molecular formula is C38H42ClN3O6S. The third kappa shape index (κ3) is 8.93. The molecule has 0 unspecified atom stereocenters. The topological polar surface area (TPSA) is 105 Å². The summed E-state index contributed by atoms with van der Waals surface area (Å²) in [6.07, 6.45) is 4.02. The number of sulfonamides is 1. The van der Waals surface area contributed by atoms with E-state index in [4.69, 9.17) is 21.1 Å². The molecule has 1 aliphatic rings. The Balaban J connectivity index is 1.59. The minimum atomic E-state index is -4.28. The van der Waals surface area contributed by atoms with Crippen molar-refractivity contribution in [2.75, 3.05) is 25.1 Å². The van der Waals surface area contributed by atoms with Crippen molar-refractivity contribution in [1.29, 1.82) is 0 Å². The lowest BCUT2D eigenvalue weighted by molar-refractivity contribution is -0.140. The predicted octanol–water partition coefficient (Wildman–Crippen LogP) is 6.56. The summed E-state index contributed by atoms with van der Waals surface area (Å²) in [6, 6.07) is 26.8. The fraction of sp³-hybridized carbons (Fsp3) is 0.316. The SMILES string of the molecule is COc1cccc(CN(C(=O)CN(c2ccc(OC)c(Cl)c2)S(=O)(=O)c2ccc(C)cc2)[C@@H](Cc2ccccc2)C(=O)NC2CCCC2)c1. The van der Waals surface area contributed by atoms with E-state index >= 15 is 0 Å². The van der Waals surface area contributed by atoms with Gasteiger partial charge in [-0.15, -0.1) is 0 Å². The average molecular weight is 704 g/mol. The number of amides is 2. The Bertz CT molecular complexity index is 1850. The summed E-state index contributed by atoms with van der Waals surface area (Å²) in [4.78, 5) is 30.4. The summed E-state index contributed by atoms with van der Waals surface area (Å²) in [7, 11) is -1.25. The molecule has 1 aliphatic carbocycles. The molecule has 4 aromatic rings. The summed E-state index contributed by atoms with van der Waals surface area (Å²) < 4.78 is 40.4. The smallest absolute Gasteiger partial charge is 0.264 e. The van der Waals surface area contributed by atoms with Gasteiger partial charge < -0.3 is 19.7 Å². The van der Waals surface area contributed by atoms with Crippen molar-refractivity contribution in [2.24, 2.45) is 0 Å². The maximum Gasteiger partial charge on any atom is 0.264 e. The van der Waals surface area contributed by atoms with E-state index in [1.54, 1.807) is 43.5 Å². The van der Waals surface area contributed by atoms with Crippen LogP contribution in [-0.4, -0.2) is 58.0 Å². The van der Waals surface area contributed by atoms with Gasteiger partial charge >= 0.3 is 0 Å². The number of aryl methyl sites for hydroxylation is 1. The Morgan fingerprint density at radius 1 is 0.878 bits per heavy atom. The number of hydrogen-bond acceptors (Lipinski definition) is 6. The van der Waals surface area contributed by atoms with Gasteiger partial charge in [-0.2, -0.15) is 0 Å². The van der Waals surface area contributed by atoms with E-state index in [0.717, 1.165) is 46.7 Å². The molecule has 0 radical (unpaired) electrons. The molecule has 11 heteroatoms. The van der Waals surface area contributed by atoms with Crippen LogP contribution in [0.1, 0.15) is 42.4 Å². The molecule has 4 aromatic carbocycles. The lowest BCUT2D eigenvalue weighted by Gasteiger charge is -2.34. The fourth-order valence-corrected chi connectivity index (χ4v) is 7.72. The number of anilines is 1. The van der Waals surface area contributed by atoms with Crippen LogP contribution in [0.15, 0.2) is 102 Å². The molecule has 1 N–H and O–H groups in total. The zero-order valence-corrected chi connectivity index (χ0v) is 29.5. The minimum Gasteiger partial charge on any atom is -0.497 e. The zero-order chi connectivity index (χ0) is 35.0. The average Bonchev–Trinajstić information content (AvgIpc) is 3.62. The van der Waals surface area contributed by atoms with Crippen molar-refractivity contribution in [3.8, 4) is 11.5 Å². The van der Waals surface area contributed by atoms with E-state index in [2.05, 4.69) is 5.32 Å². The van der Waals surface area contributed by atoms with Crippen LogP contribution in [0, 0.1) is 6.92 Å². The maximum absolute atomic E-state index is 14.8. The van der Waals surface area contributed by atoms with Crippen molar-refractivity contribution in [1.82, 2.24) is 10.2 Å². The van der Waals surface area contributed by atoms with E-state index in [-0.39, 0.29) is 40.5 Å². The first-order chi connectivity index (χ1) is 23.6. The van der Waals surface area contributed by atoms with Crippen LogP contribution in [0.25, 0.3) is 0 Å². The molecule has 9 nitrogen and oxygen atoms in total. The largest absolute Gasteiger partial charge is 0.497 e. The van der Waals surface area contributed by atoms with E-state index < -0.39 is 28.5 Å². The first kappa shape index (κ1) is 35.8. The van der Waals surface area contributed by atoms with E-state index in [1.807, 2.05) is 49.4 Å². The quantitative estimate of drug-likeness (QED) is 0.160. The van der Waals surface area contributed by atoms with E-state index in [1.165, 1.54) is 30.2 Å². The molecule has 1 saturated carbocycles. The van der Waals surface area contributed by atoms with Crippen LogP contribution >= 0.6 is 11.6 Å². The Kier molecular flexibility index (Phi) is 11.9. The highest BCUT2D eigenvalue weighted by Crippen LogP contribution is 2.32. The summed E-state index contributed by atoms with van der Waals surface area (Å²) in [6.45, 7) is 1.30. The van der Waals surface area contributed by atoms with Gasteiger partial charge in [0.2, 0.25) is 11.8 Å². The number of nitrogens with one attached hydrogen (secondary N) is 1. The maximum atomic E-state index is 14.8. The lowest BCUT2D eigenvalue weighted by atomic mass is 10.0. The van der Waals surface area contributed by atoms with Gasteiger partial charge in [0.1, 0.15) is 24.1 Å². The Hall–Kier alpha value is -4.54. The van der Waals surface area contributed by atoms with Gasteiger partial charge in [-0.05, 0) is 73.4 Å². The molecule has 0 saturated heterocycles. The second-order valence-electron chi connectivity index (χ2n) is 12.2. The monoisotopic (exact) mass is 703 g/mol. The molecule has 0 aromatic heterocycles. The standard InChI is InChI=1S/C38H42ClN3O6S/c1-27-16-19-33(20-17-27)49(45,46)42(31-18-21-36(48-3)34(39)24-31)26-37(43)41(25-29-12-9-15-32(22-29)47-2)35(23-28-10-5-4-6-11-28)38(44)40-30-13-7-8-14-30/h4-6,9-12,15-22,24,30,35H,7-8,13-14,23,25-26H2,1-3H3,(H,40,44)/t35-/m0/s1. The number of carbonyl (C=O) groups excluding carboxylic acids is 2. The molecule has 49 heavy (non-hydrogen) atoms. The van der Waals surface area contributed by atoms with Gasteiger partial charge in [-0.1, -0.05) is 84.6 Å². The Labute approximate surface area is 293 Å². The number of ether oxygens (including phenoxy) is 2. The number of carbonyl (C=O) groups is 2.